The first kappa shape index (κ1) is 25.3. The predicted octanol–water partition coefficient (Wildman–Crippen LogP) is 5.42. The predicted molar refractivity (Wildman–Crippen MR) is 143 cm³/mol. The van der Waals surface area contributed by atoms with Gasteiger partial charge in [-0.2, -0.15) is 0 Å². The number of carbonyl (C=O) groups is 2. The molecule has 1 atom stereocenters. The number of alkyl carbamates (subject to hydrolysis) is 1. The number of hydrogen-bond donors (Lipinski definition) is 1. The topological polar surface area (TPSA) is 94.8 Å². The van der Waals surface area contributed by atoms with Crippen LogP contribution in [-0.4, -0.2) is 18.1 Å². The van der Waals surface area contributed by atoms with Crippen molar-refractivity contribution in [1.29, 1.82) is 0 Å². The number of amides is 1. The molecule has 0 radical (unpaired) electrons. The Morgan fingerprint density at radius 2 is 1.55 bits per heavy atom. The van der Waals surface area contributed by atoms with Crippen LogP contribution in [-0.2, 0) is 35.4 Å². The fourth-order valence-corrected chi connectivity index (χ4v) is 4.87. The van der Waals surface area contributed by atoms with Gasteiger partial charge in [-0.25, -0.2) is 14.4 Å². The smallest absolute Gasteiger partial charge is 0.408 e. The van der Waals surface area contributed by atoms with Crippen molar-refractivity contribution in [3.05, 3.63) is 111 Å². The Morgan fingerprint density at radius 3 is 2.26 bits per heavy atom. The molecule has 7 heteroatoms. The zero-order chi connectivity index (χ0) is 26.5. The second-order valence-corrected chi connectivity index (χ2v) is 9.49. The summed E-state index contributed by atoms with van der Waals surface area (Å²) in [7, 11) is 0. The highest BCUT2D eigenvalue weighted by molar-refractivity contribution is 5.88. The van der Waals surface area contributed by atoms with E-state index in [2.05, 4.69) is 5.32 Å². The standard InChI is InChI=1S/C31H29NO6/c1-20-27(17-16-24-23-14-8-9-15-25(23)29(33)38-28(20)24)37-30(34)26(18-21-10-4-2-5-11-21)32-31(35)36-19-22-12-6-3-7-13-22/h2-7,10-13,16-17,26H,8-9,14-15,18-19H2,1H3,(H,32,35)/t26-/m1/s1. The molecule has 38 heavy (non-hydrogen) atoms. The van der Waals surface area contributed by atoms with Crippen LogP contribution in [0.5, 0.6) is 5.75 Å². The van der Waals surface area contributed by atoms with Crippen molar-refractivity contribution < 1.29 is 23.5 Å². The molecule has 3 aromatic carbocycles. The van der Waals surface area contributed by atoms with Crippen LogP contribution in [0, 0.1) is 6.92 Å². The molecule has 0 unspecified atom stereocenters. The first-order valence-electron chi connectivity index (χ1n) is 12.8. The van der Waals surface area contributed by atoms with Gasteiger partial charge in [-0.1, -0.05) is 60.7 Å². The first-order chi connectivity index (χ1) is 18.5. The molecule has 0 saturated heterocycles. The summed E-state index contributed by atoms with van der Waals surface area (Å²) in [5.74, 6) is -0.368. The normalized spacial score (nSPS) is 13.4. The van der Waals surface area contributed by atoms with Crippen molar-refractivity contribution >= 4 is 23.0 Å². The maximum atomic E-state index is 13.3. The summed E-state index contributed by atoms with van der Waals surface area (Å²) in [4.78, 5) is 38.6. The van der Waals surface area contributed by atoms with E-state index in [0.29, 0.717) is 11.1 Å². The molecule has 194 valence electrons. The van der Waals surface area contributed by atoms with Gasteiger partial charge in [-0.15, -0.1) is 0 Å². The van der Waals surface area contributed by atoms with Crippen LogP contribution in [0.15, 0.2) is 82.0 Å². The largest absolute Gasteiger partial charge is 0.445 e. The minimum Gasteiger partial charge on any atom is -0.445 e. The summed E-state index contributed by atoms with van der Waals surface area (Å²) in [5, 5.41) is 3.53. The van der Waals surface area contributed by atoms with Crippen LogP contribution in [0.1, 0.15) is 40.7 Å². The van der Waals surface area contributed by atoms with Gasteiger partial charge in [0.15, 0.2) is 0 Å². The maximum absolute atomic E-state index is 13.3. The average Bonchev–Trinajstić information content (AvgIpc) is 2.94. The maximum Gasteiger partial charge on any atom is 0.408 e. The quantitative estimate of drug-likeness (QED) is 0.202. The van der Waals surface area contributed by atoms with Crippen LogP contribution in [0.25, 0.3) is 11.0 Å². The van der Waals surface area contributed by atoms with Crippen LogP contribution in [0.3, 0.4) is 0 Å². The van der Waals surface area contributed by atoms with Crippen molar-refractivity contribution in [2.24, 2.45) is 0 Å². The van der Waals surface area contributed by atoms with Gasteiger partial charge in [-0.05, 0) is 61.4 Å². The number of carbonyl (C=O) groups excluding carboxylic acids is 2. The molecule has 1 heterocycles. The Morgan fingerprint density at radius 1 is 0.895 bits per heavy atom. The summed E-state index contributed by atoms with van der Waals surface area (Å²) in [5.41, 5.74) is 4.11. The lowest BCUT2D eigenvalue weighted by atomic mass is 9.90. The van der Waals surface area contributed by atoms with E-state index in [1.165, 1.54) is 0 Å². The minimum atomic E-state index is -0.994. The van der Waals surface area contributed by atoms with Crippen LogP contribution in [0.4, 0.5) is 4.79 Å². The molecule has 4 aromatic rings. The van der Waals surface area contributed by atoms with Gasteiger partial charge in [-0.3, -0.25) is 0 Å². The molecule has 1 N–H and O–H groups in total. The van der Waals surface area contributed by atoms with Crippen molar-refractivity contribution in [2.45, 2.75) is 51.7 Å². The fourth-order valence-electron chi connectivity index (χ4n) is 4.87. The van der Waals surface area contributed by atoms with Gasteiger partial charge in [0, 0.05) is 22.9 Å². The molecule has 1 aliphatic carbocycles. The molecule has 0 saturated carbocycles. The number of rotatable bonds is 7. The third-order valence-electron chi connectivity index (χ3n) is 6.87. The van der Waals surface area contributed by atoms with E-state index in [4.69, 9.17) is 13.9 Å². The summed E-state index contributed by atoms with van der Waals surface area (Å²) < 4.78 is 16.8. The highest BCUT2D eigenvalue weighted by atomic mass is 16.6. The van der Waals surface area contributed by atoms with E-state index in [0.717, 1.165) is 53.3 Å². The van der Waals surface area contributed by atoms with Crippen LogP contribution in [0.2, 0.25) is 0 Å². The van der Waals surface area contributed by atoms with Gasteiger partial charge >= 0.3 is 17.7 Å². The Balaban J connectivity index is 1.37. The number of esters is 1. The van der Waals surface area contributed by atoms with Gasteiger partial charge in [0.1, 0.15) is 24.0 Å². The van der Waals surface area contributed by atoms with Gasteiger partial charge in [0.2, 0.25) is 0 Å². The molecule has 0 spiro atoms. The molecular weight excluding hydrogens is 482 g/mol. The molecular formula is C31H29NO6. The van der Waals surface area contributed by atoms with Crippen LogP contribution < -0.4 is 15.7 Å². The Labute approximate surface area is 220 Å². The third-order valence-corrected chi connectivity index (χ3v) is 6.87. The number of nitrogens with one attached hydrogen (secondary N) is 1. The Hall–Kier alpha value is -4.39. The highest BCUT2D eigenvalue weighted by Crippen LogP contribution is 2.32. The van der Waals surface area contributed by atoms with Crippen molar-refractivity contribution in [3.8, 4) is 5.75 Å². The van der Waals surface area contributed by atoms with E-state index in [9.17, 15) is 14.4 Å². The third kappa shape index (κ3) is 5.62. The summed E-state index contributed by atoms with van der Waals surface area (Å²) in [6.07, 6.45) is 3.03. The Kier molecular flexibility index (Phi) is 7.54. The van der Waals surface area contributed by atoms with E-state index >= 15 is 0 Å². The molecule has 0 fully saturated rings. The lowest BCUT2D eigenvalue weighted by Crippen LogP contribution is -2.44. The minimum absolute atomic E-state index is 0.0763. The molecule has 7 nitrogen and oxygen atoms in total. The van der Waals surface area contributed by atoms with E-state index in [-0.39, 0.29) is 24.4 Å². The second kappa shape index (κ2) is 11.3. The molecule has 1 amide bonds. The monoisotopic (exact) mass is 511 g/mol. The Bertz CT molecular complexity index is 1510. The number of aryl methyl sites for hydroxylation is 2. The summed E-state index contributed by atoms with van der Waals surface area (Å²) >= 11 is 0. The molecule has 5 rings (SSSR count). The average molecular weight is 512 g/mol. The van der Waals surface area contributed by atoms with E-state index in [1.54, 1.807) is 13.0 Å². The van der Waals surface area contributed by atoms with Gasteiger partial charge in [0.25, 0.3) is 0 Å². The van der Waals surface area contributed by atoms with Crippen molar-refractivity contribution in [1.82, 2.24) is 5.32 Å². The highest BCUT2D eigenvalue weighted by Gasteiger charge is 2.26. The molecule has 0 aliphatic heterocycles. The second-order valence-electron chi connectivity index (χ2n) is 9.49. The SMILES string of the molecule is Cc1c(OC(=O)[C@@H](Cc2ccccc2)NC(=O)OCc2ccccc2)ccc2c3c(c(=O)oc12)CCCC3. The molecule has 1 aliphatic rings. The van der Waals surface area contributed by atoms with Gasteiger partial charge < -0.3 is 19.2 Å². The van der Waals surface area contributed by atoms with Crippen molar-refractivity contribution in [3.63, 3.8) is 0 Å². The summed E-state index contributed by atoms with van der Waals surface area (Å²) in [6.45, 7) is 1.84. The van der Waals surface area contributed by atoms with Crippen molar-refractivity contribution in [2.75, 3.05) is 0 Å². The fraction of sp³-hybridized carbons (Fsp3) is 0.258. The van der Waals surface area contributed by atoms with Gasteiger partial charge in [0.05, 0.1) is 0 Å². The van der Waals surface area contributed by atoms with Crippen LogP contribution >= 0.6 is 0 Å². The zero-order valence-electron chi connectivity index (χ0n) is 21.2. The number of hydrogen-bond acceptors (Lipinski definition) is 6. The van der Waals surface area contributed by atoms with E-state index < -0.39 is 18.1 Å². The number of ether oxygens (including phenoxy) is 2. The summed E-state index contributed by atoms with van der Waals surface area (Å²) in [6, 6.07) is 21.2. The lowest BCUT2D eigenvalue weighted by molar-refractivity contribution is -0.136. The number of benzene rings is 3. The zero-order valence-corrected chi connectivity index (χ0v) is 21.2. The first-order valence-corrected chi connectivity index (χ1v) is 12.8. The van der Waals surface area contributed by atoms with E-state index in [1.807, 2.05) is 66.7 Å². The molecule has 0 bridgehead atoms. The lowest BCUT2D eigenvalue weighted by Gasteiger charge is -2.20. The number of fused-ring (bicyclic) bond motifs is 3. The molecule has 1 aromatic heterocycles.